The molecule has 0 saturated heterocycles. The van der Waals surface area contributed by atoms with Gasteiger partial charge in [0.25, 0.3) is 0 Å². The van der Waals surface area contributed by atoms with Crippen molar-refractivity contribution in [3.8, 4) is 0 Å². The van der Waals surface area contributed by atoms with Crippen LogP contribution in [0.1, 0.15) is 39.5 Å². The average molecular weight is 194 g/mol. The van der Waals surface area contributed by atoms with Crippen molar-refractivity contribution in [2.24, 2.45) is 11.8 Å². The minimum absolute atomic E-state index is 0.211. The fourth-order valence-electron chi connectivity index (χ4n) is 1.91. The van der Waals surface area contributed by atoms with E-state index in [1.807, 2.05) is 6.08 Å². The lowest BCUT2D eigenvalue weighted by molar-refractivity contribution is -0.118. The molecule has 0 fully saturated rings. The zero-order valence-corrected chi connectivity index (χ0v) is 8.95. The number of carbonyl (C=O) groups is 2. The highest BCUT2D eigenvalue weighted by Crippen LogP contribution is 2.27. The molecule has 1 aliphatic carbocycles. The van der Waals surface area contributed by atoms with E-state index in [0.717, 1.165) is 12.8 Å². The summed E-state index contributed by atoms with van der Waals surface area (Å²) in [4.78, 5) is 22.2. The van der Waals surface area contributed by atoms with E-state index in [9.17, 15) is 9.59 Å². The third-order valence-electron chi connectivity index (χ3n) is 2.95. The Hall–Kier alpha value is -0.920. The molecular weight excluding hydrogens is 176 g/mol. The third-order valence-corrected chi connectivity index (χ3v) is 2.95. The molecule has 2 unspecified atom stereocenters. The van der Waals surface area contributed by atoms with Crippen molar-refractivity contribution in [1.82, 2.24) is 0 Å². The van der Waals surface area contributed by atoms with Crippen LogP contribution in [-0.4, -0.2) is 11.6 Å². The Morgan fingerprint density at radius 2 is 2.29 bits per heavy atom. The molecule has 0 saturated carbocycles. The first-order chi connectivity index (χ1) is 6.59. The molecule has 2 nitrogen and oxygen atoms in total. The topological polar surface area (TPSA) is 34.1 Å². The van der Waals surface area contributed by atoms with Gasteiger partial charge >= 0.3 is 0 Å². The van der Waals surface area contributed by atoms with Crippen molar-refractivity contribution in [2.45, 2.75) is 39.5 Å². The lowest BCUT2D eigenvalue weighted by Crippen LogP contribution is -2.14. The van der Waals surface area contributed by atoms with Crippen LogP contribution in [0, 0.1) is 11.8 Å². The van der Waals surface area contributed by atoms with Crippen molar-refractivity contribution in [3.05, 3.63) is 12.2 Å². The molecule has 78 valence electrons. The maximum atomic E-state index is 11.3. The van der Waals surface area contributed by atoms with Crippen LogP contribution in [0.4, 0.5) is 0 Å². The van der Waals surface area contributed by atoms with Crippen molar-refractivity contribution in [1.29, 1.82) is 0 Å². The number of hydrogen-bond acceptors (Lipinski definition) is 2. The van der Waals surface area contributed by atoms with Crippen molar-refractivity contribution < 1.29 is 9.59 Å². The summed E-state index contributed by atoms with van der Waals surface area (Å²) in [6.45, 7) is 3.77. The summed E-state index contributed by atoms with van der Waals surface area (Å²) >= 11 is 0. The minimum Gasteiger partial charge on any atom is -0.300 e. The first kappa shape index (κ1) is 11.2. The van der Waals surface area contributed by atoms with Crippen LogP contribution in [0.3, 0.4) is 0 Å². The van der Waals surface area contributed by atoms with Crippen molar-refractivity contribution in [3.63, 3.8) is 0 Å². The van der Waals surface area contributed by atoms with Crippen LogP contribution in [-0.2, 0) is 9.59 Å². The van der Waals surface area contributed by atoms with E-state index in [-0.39, 0.29) is 11.6 Å². The molecular formula is C12H18O2. The number of hydrogen-bond donors (Lipinski definition) is 0. The number of rotatable bonds is 3. The Morgan fingerprint density at radius 3 is 2.93 bits per heavy atom. The number of Topliss-reactive ketones (excluding diaryl/α,β-unsaturated/α-hetero) is 1. The summed E-state index contributed by atoms with van der Waals surface area (Å²) < 4.78 is 0. The fraction of sp³-hybridized carbons (Fsp3) is 0.667. The SMILES string of the molecule is CC(=O)CCC1CC(=O)C=CCC1C. The van der Waals surface area contributed by atoms with E-state index in [0.29, 0.717) is 24.7 Å². The summed E-state index contributed by atoms with van der Waals surface area (Å²) in [6, 6.07) is 0. The zero-order chi connectivity index (χ0) is 10.6. The van der Waals surface area contributed by atoms with Gasteiger partial charge in [-0.1, -0.05) is 13.0 Å². The van der Waals surface area contributed by atoms with E-state index in [2.05, 4.69) is 6.92 Å². The summed E-state index contributed by atoms with van der Waals surface area (Å²) in [5.41, 5.74) is 0. The molecule has 0 aliphatic heterocycles. The number of allylic oxidation sites excluding steroid dienone is 2. The second-order valence-corrected chi connectivity index (χ2v) is 4.29. The molecule has 1 rings (SSSR count). The molecule has 0 aromatic heterocycles. The van der Waals surface area contributed by atoms with Gasteiger partial charge in [0.1, 0.15) is 5.78 Å². The normalized spacial score (nSPS) is 27.4. The van der Waals surface area contributed by atoms with Crippen molar-refractivity contribution in [2.75, 3.05) is 0 Å². The number of carbonyl (C=O) groups excluding carboxylic acids is 2. The molecule has 14 heavy (non-hydrogen) atoms. The quantitative estimate of drug-likeness (QED) is 0.691. The van der Waals surface area contributed by atoms with Gasteiger partial charge in [-0.15, -0.1) is 0 Å². The predicted molar refractivity (Wildman–Crippen MR) is 56.0 cm³/mol. The predicted octanol–water partition coefficient (Wildman–Crippen LogP) is 2.53. The molecule has 0 amide bonds. The van der Waals surface area contributed by atoms with Crippen LogP contribution in [0.25, 0.3) is 0 Å². The van der Waals surface area contributed by atoms with Crippen LogP contribution < -0.4 is 0 Å². The molecule has 0 N–H and O–H groups in total. The summed E-state index contributed by atoms with van der Waals surface area (Å²) in [7, 11) is 0. The van der Waals surface area contributed by atoms with Gasteiger partial charge in [-0.2, -0.15) is 0 Å². The second kappa shape index (κ2) is 5.08. The van der Waals surface area contributed by atoms with E-state index >= 15 is 0 Å². The van der Waals surface area contributed by atoms with Gasteiger partial charge in [-0.05, 0) is 37.7 Å². The molecule has 0 bridgehead atoms. The Bertz CT molecular complexity index is 253. The number of ketones is 2. The van der Waals surface area contributed by atoms with E-state index in [1.54, 1.807) is 13.0 Å². The Kier molecular flexibility index (Phi) is 4.05. The van der Waals surface area contributed by atoms with Gasteiger partial charge in [-0.3, -0.25) is 4.79 Å². The van der Waals surface area contributed by atoms with E-state index in [1.165, 1.54) is 0 Å². The fourth-order valence-corrected chi connectivity index (χ4v) is 1.91. The van der Waals surface area contributed by atoms with Gasteiger partial charge in [0, 0.05) is 12.8 Å². The highest BCUT2D eigenvalue weighted by Gasteiger charge is 2.21. The lowest BCUT2D eigenvalue weighted by atomic mass is 9.85. The van der Waals surface area contributed by atoms with Gasteiger partial charge in [0.2, 0.25) is 0 Å². The van der Waals surface area contributed by atoms with Crippen LogP contribution in [0.5, 0.6) is 0 Å². The Labute approximate surface area is 85.4 Å². The van der Waals surface area contributed by atoms with Gasteiger partial charge in [-0.25, -0.2) is 0 Å². The maximum absolute atomic E-state index is 11.3. The molecule has 1 aliphatic rings. The van der Waals surface area contributed by atoms with E-state index < -0.39 is 0 Å². The Morgan fingerprint density at radius 1 is 1.57 bits per heavy atom. The molecule has 2 atom stereocenters. The van der Waals surface area contributed by atoms with Crippen LogP contribution in [0.15, 0.2) is 12.2 Å². The molecule has 0 radical (unpaired) electrons. The summed E-state index contributed by atoms with van der Waals surface area (Å²) in [5, 5.41) is 0. The molecule has 0 aromatic carbocycles. The smallest absolute Gasteiger partial charge is 0.155 e. The molecule has 0 heterocycles. The second-order valence-electron chi connectivity index (χ2n) is 4.29. The standard InChI is InChI=1S/C12H18O2/c1-9-4-3-5-12(14)8-11(9)7-6-10(2)13/h3,5,9,11H,4,6-8H2,1-2H3. The van der Waals surface area contributed by atoms with Crippen LogP contribution >= 0.6 is 0 Å². The monoisotopic (exact) mass is 194 g/mol. The first-order valence-corrected chi connectivity index (χ1v) is 5.28. The van der Waals surface area contributed by atoms with Crippen LogP contribution in [0.2, 0.25) is 0 Å². The average Bonchev–Trinajstić information content (AvgIpc) is 2.25. The lowest BCUT2D eigenvalue weighted by Gasteiger charge is -2.19. The first-order valence-electron chi connectivity index (χ1n) is 5.28. The van der Waals surface area contributed by atoms with E-state index in [4.69, 9.17) is 0 Å². The van der Waals surface area contributed by atoms with Gasteiger partial charge in [0.15, 0.2) is 5.78 Å². The molecule has 0 spiro atoms. The minimum atomic E-state index is 0.211. The molecule has 0 aromatic rings. The highest BCUT2D eigenvalue weighted by atomic mass is 16.1. The van der Waals surface area contributed by atoms with Gasteiger partial charge < -0.3 is 4.79 Å². The third kappa shape index (κ3) is 3.44. The van der Waals surface area contributed by atoms with Crippen molar-refractivity contribution >= 4 is 11.6 Å². The van der Waals surface area contributed by atoms with Gasteiger partial charge in [0.05, 0.1) is 0 Å². The Balaban J connectivity index is 2.49. The maximum Gasteiger partial charge on any atom is 0.155 e. The highest BCUT2D eigenvalue weighted by molar-refractivity contribution is 5.90. The summed E-state index contributed by atoms with van der Waals surface area (Å²) in [6.07, 6.45) is 6.70. The zero-order valence-electron chi connectivity index (χ0n) is 8.95. The largest absolute Gasteiger partial charge is 0.300 e. The summed E-state index contributed by atoms with van der Waals surface area (Å²) in [5.74, 6) is 1.35. The molecule has 2 heteroatoms.